The molecule has 1 unspecified atom stereocenters. The van der Waals surface area contributed by atoms with Crippen LogP contribution in [-0.2, 0) is 0 Å². The Morgan fingerprint density at radius 1 is 1.17 bits per heavy atom. The monoisotopic (exact) mass is 316 g/mol. The minimum atomic E-state index is 0.636. The Bertz CT molecular complexity index is 204. The van der Waals surface area contributed by atoms with E-state index in [1.54, 1.807) is 0 Å². The molecule has 1 rings (SSSR count). The molecule has 0 spiro atoms. The van der Waals surface area contributed by atoms with Crippen molar-refractivity contribution in [2.24, 2.45) is 17.3 Å². The fourth-order valence-corrected chi connectivity index (χ4v) is 4.59. The number of halogens is 1. The minimum absolute atomic E-state index is 0.636. The van der Waals surface area contributed by atoms with Crippen molar-refractivity contribution in [3.63, 3.8) is 0 Å². The predicted octanol–water partition coefficient (Wildman–Crippen LogP) is 6.57. The minimum Gasteiger partial charge on any atom is -0.0922 e. The lowest BCUT2D eigenvalue weighted by Crippen LogP contribution is -2.31. The van der Waals surface area contributed by atoms with Crippen molar-refractivity contribution in [2.75, 3.05) is 5.33 Å². The Morgan fingerprint density at radius 3 is 2.33 bits per heavy atom. The molecule has 0 heterocycles. The number of rotatable bonds is 8. The Balaban J connectivity index is 2.39. The SMILES string of the molecule is CCCCC1CCC(CBr)(CC(C)CCC)CC1. The van der Waals surface area contributed by atoms with Crippen LogP contribution in [0.5, 0.6) is 0 Å². The van der Waals surface area contributed by atoms with Crippen molar-refractivity contribution in [2.45, 2.75) is 85.0 Å². The van der Waals surface area contributed by atoms with Crippen LogP contribution in [0.3, 0.4) is 0 Å². The third kappa shape index (κ3) is 5.23. The molecule has 0 amide bonds. The molecule has 1 aliphatic rings. The van der Waals surface area contributed by atoms with Gasteiger partial charge in [0.2, 0.25) is 0 Å². The van der Waals surface area contributed by atoms with Crippen LogP contribution in [0.1, 0.15) is 85.0 Å². The second kappa shape index (κ2) is 8.61. The van der Waals surface area contributed by atoms with Gasteiger partial charge in [-0.2, -0.15) is 0 Å². The molecule has 0 N–H and O–H groups in total. The zero-order chi connectivity index (χ0) is 13.4. The van der Waals surface area contributed by atoms with Gasteiger partial charge in [0.15, 0.2) is 0 Å². The highest BCUT2D eigenvalue weighted by molar-refractivity contribution is 9.09. The van der Waals surface area contributed by atoms with Gasteiger partial charge in [-0.05, 0) is 49.4 Å². The van der Waals surface area contributed by atoms with Gasteiger partial charge in [-0.3, -0.25) is 0 Å². The molecule has 0 aliphatic heterocycles. The fraction of sp³-hybridized carbons (Fsp3) is 1.00. The van der Waals surface area contributed by atoms with Crippen LogP contribution in [0.4, 0.5) is 0 Å². The highest BCUT2D eigenvalue weighted by Gasteiger charge is 2.35. The molecule has 1 heteroatoms. The van der Waals surface area contributed by atoms with E-state index in [1.807, 2.05) is 0 Å². The summed E-state index contributed by atoms with van der Waals surface area (Å²) in [5.41, 5.74) is 0.636. The zero-order valence-corrected chi connectivity index (χ0v) is 14.4. The summed E-state index contributed by atoms with van der Waals surface area (Å²) in [4.78, 5) is 0. The molecule has 18 heavy (non-hydrogen) atoms. The van der Waals surface area contributed by atoms with E-state index in [-0.39, 0.29) is 0 Å². The largest absolute Gasteiger partial charge is 0.0922 e. The van der Waals surface area contributed by atoms with Gasteiger partial charge in [0.1, 0.15) is 0 Å². The van der Waals surface area contributed by atoms with Crippen LogP contribution >= 0.6 is 15.9 Å². The van der Waals surface area contributed by atoms with Crippen LogP contribution in [0, 0.1) is 17.3 Å². The third-order valence-electron chi connectivity index (χ3n) is 4.98. The summed E-state index contributed by atoms with van der Waals surface area (Å²) in [6.07, 6.45) is 14.4. The van der Waals surface area contributed by atoms with Crippen molar-refractivity contribution >= 4 is 15.9 Å². The van der Waals surface area contributed by atoms with E-state index in [1.165, 1.54) is 69.5 Å². The Kier molecular flexibility index (Phi) is 7.91. The predicted molar refractivity (Wildman–Crippen MR) is 86.4 cm³/mol. The smallest absolute Gasteiger partial charge is 0.00880 e. The van der Waals surface area contributed by atoms with Crippen molar-refractivity contribution in [1.82, 2.24) is 0 Å². The first-order valence-electron chi connectivity index (χ1n) is 8.21. The fourth-order valence-electron chi connectivity index (χ4n) is 3.80. The van der Waals surface area contributed by atoms with Gasteiger partial charge in [0.25, 0.3) is 0 Å². The van der Waals surface area contributed by atoms with E-state index < -0.39 is 0 Å². The van der Waals surface area contributed by atoms with Gasteiger partial charge in [-0.25, -0.2) is 0 Å². The molecule has 0 radical (unpaired) electrons. The molecule has 0 aromatic carbocycles. The summed E-state index contributed by atoms with van der Waals surface area (Å²) in [6, 6.07) is 0. The molecule has 0 aromatic rings. The lowest BCUT2D eigenvalue weighted by Gasteiger charge is -2.41. The number of unbranched alkanes of at least 4 members (excludes halogenated alkanes) is 1. The maximum absolute atomic E-state index is 3.82. The van der Waals surface area contributed by atoms with Crippen molar-refractivity contribution in [1.29, 1.82) is 0 Å². The van der Waals surface area contributed by atoms with Gasteiger partial charge < -0.3 is 0 Å². The van der Waals surface area contributed by atoms with Gasteiger partial charge in [0, 0.05) is 5.33 Å². The quantitative estimate of drug-likeness (QED) is 0.444. The second-order valence-electron chi connectivity index (χ2n) is 6.82. The van der Waals surface area contributed by atoms with Crippen LogP contribution in [0.15, 0.2) is 0 Å². The third-order valence-corrected chi connectivity index (χ3v) is 6.17. The van der Waals surface area contributed by atoms with Crippen LogP contribution < -0.4 is 0 Å². The normalized spacial score (nSPS) is 30.3. The van der Waals surface area contributed by atoms with E-state index >= 15 is 0 Å². The molecular formula is C17H33Br. The Morgan fingerprint density at radius 2 is 1.83 bits per heavy atom. The molecule has 1 atom stereocenters. The first-order valence-corrected chi connectivity index (χ1v) is 9.34. The van der Waals surface area contributed by atoms with E-state index in [2.05, 4.69) is 36.7 Å². The number of hydrogen-bond acceptors (Lipinski definition) is 0. The van der Waals surface area contributed by atoms with E-state index in [9.17, 15) is 0 Å². The molecule has 0 aromatic heterocycles. The molecule has 1 fully saturated rings. The summed E-state index contributed by atoms with van der Waals surface area (Å²) in [6.45, 7) is 7.09. The first kappa shape index (κ1) is 16.5. The summed E-state index contributed by atoms with van der Waals surface area (Å²) in [7, 11) is 0. The first-order chi connectivity index (χ1) is 8.65. The average molecular weight is 317 g/mol. The zero-order valence-electron chi connectivity index (χ0n) is 12.8. The standard InChI is InChI=1S/C17H33Br/c1-4-6-8-16-9-11-17(14-18,12-10-16)13-15(3)7-5-2/h15-16H,4-14H2,1-3H3. The molecule has 108 valence electrons. The number of alkyl halides is 1. The second-order valence-corrected chi connectivity index (χ2v) is 7.38. The number of hydrogen-bond donors (Lipinski definition) is 0. The highest BCUT2D eigenvalue weighted by Crippen LogP contribution is 2.46. The Labute approximate surface area is 123 Å². The topological polar surface area (TPSA) is 0 Å². The maximum Gasteiger partial charge on any atom is 0.00880 e. The molecular weight excluding hydrogens is 284 g/mol. The molecule has 0 saturated heterocycles. The lowest BCUT2D eigenvalue weighted by atomic mass is 9.66. The molecule has 0 nitrogen and oxygen atoms in total. The van der Waals surface area contributed by atoms with Gasteiger partial charge in [-0.1, -0.05) is 68.8 Å². The van der Waals surface area contributed by atoms with Crippen molar-refractivity contribution in [3.05, 3.63) is 0 Å². The molecule has 0 bridgehead atoms. The van der Waals surface area contributed by atoms with Crippen molar-refractivity contribution in [3.8, 4) is 0 Å². The van der Waals surface area contributed by atoms with Gasteiger partial charge in [0.05, 0.1) is 0 Å². The highest BCUT2D eigenvalue weighted by atomic mass is 79.9. The summed E-state index contributed by atoms with van der Waals surface area (Å²) in [5, 5.41) is 1.23. The van der Waals surface area contributed by atoms with Crippen molar-refractivity contribution < 1.29 is 0 Å². The van der Waals surface area contributed by atoms with Crippen LogP contribution in [-0.4, -0.2) is 5.33 Å². The maximum atomic E-state index is 3.82. The van der Waals surface area contributed by atoms with E-state index in [0.717, 1.165) is 11.8 Å². The molecule has 1 saturated carbocycles. The van der Waals surface area contributed by atoms with E-state index in [0.29, 0.717) is 5.41 Å². The summed E-state index contributed by atoms with van der Waals surface area (Å²) in [5.74, 6) is 1.96. The van der Waals surface area contributed by atoms with Crippen LogP contribution in [0.25, 0.3) is 0 Å². The average Bonchev–Trinajstić information content (AvgIpc) is 2.38. The van der Waals surface area contributed by atoms with Gasteiger partial charge >= 0.3 is 0 Å². The molecule has 1 aliphatic carbocycles. The van der Waals surface area contributed by atoms with Crippen LogP contribution in [0.2, 0.25) is 0 Å². The summed E-state index contributed by atoms with van der Waals surface area (Å²) < 4.78 is 0. The Hall–Kier alpha value is 0.480. The summed E-state index contributed by atoms with van der Waals surface area (Å²) >= 11 is 3.82. The van der Waals surface area contributed by atoms with Gasteiger partial charge in [-0.15, -0.1) is 0 Å². The lowest BCUT2D eigenvalue weighted by molar-refractivity contribution is 0.135. The van der Waals surface area contributed by atoms with E-state index in [4.69, 9.17) is 0 Å².